The van der Waals surface area contributed by atoms with Gasteiger partial charge in [0.15, 0.2) is 0 Å². The Hall–Kier alpha value is -1.79. The summed E-state index contributed by atoms with van der Waals surface area (Å²) >= 11 is 0. The largest absolute Gasteiger partial charge is 0.497 e. The molecule has 0 aliphatic rings. The van der Waals surface area contributed by atoms with E-state index in [4.69, 9.17) is 20.3 Å². The van der Waals surface area contributed by atoms with Crippen LogP contribution in [0.5, 0.6) is 11.5 Å². The van der Waals surface area contributed by atoms with Gasteiger partial charge in [-0.25, -0.2) is 0 Å². The third-order valence-electron chi connectivity index (χ3n) is 2.92. The molecule has 1 rings (SSSR count). The van der Waals surface area contributed by atoms with Crippen molar-refractivity contribution in [2.45, 2.75) is 19.5 Å². The van der Waals surface area contributed by atoms with Gasteiger partial charge < -0.3 is 25.2 Å². The third kappa shape index (κ3) is 4.11. The predicted octanol–water partition coefficient (Wildman–Crippen LogP) is 0.372. The molecule has 6 heteroatoms. The molecule has 1 aromatic rings. The van der Waals surface area contributed by atoms with Gasteiger partial charge in [0.1, 0.15) is 11.5 Å². The van der Waals surface area contributed by atoms with Crippen LogP contribution in [-0.2, 0) is 11.3 Å². The number of hydrogen-bond donors (Lipinski definition) is 2. The second kappa shape index (κ2) is 7.72. The minimum atomic E-state index is -0.613. The Kier molecular flexibility index (Phi) is 6.27. The minimum Gasteiger partial charge on any atom is -0.497 e. The highest BCUT2D eigenvalue weighted by atomic mass is 16.5. The average molecular weight is 282 g/mol. The van der Waals surface area contributed by atoms with Gasteiger partial charge in [0.05, 0.1) is 26.9 Å². The normalized spacial score (nSPS) is 11.8. The summed E-state index contributed by atoms with van der Waals surface area (Å²) in [7, 11) is 3.14. The Morgan fingerprint density at radius 1 is 1.40 bits per heavy atom. The predicted molar refractivity (Wildman–Crippen MR) is 75.7 cm³/mol. The van der Waals surface area contributed by atoms with Gasteiger partial charge in [0.2, 0.25) is 5.91 Å². The van der Waals surface area contributed by atoms with E-state index in [0.29, 0.717) is 18.0 Å². The van der Waals surface area contributed by atoms with Crippen molar-refractivity contribution in [3.63, 3.8) is 0 Å². The second-order valence-electron chi connectivity index (χ2n) is 4.45. The number of carbonyl (C=O) groups is 1. The molecule has 0 fully saturated rings. The molecule has 0 aromatic heterocycles. The van der Waals surface area contributed by atoms with E-state index in [1.54, 1.807) is 39.3 Å². The topological polar surface area (TPSA) is 85.0 Å². The Labute approximate surface area is 119 Å². The van der Waals surface area contributed by atoms with Crippen molar-refractivity contribution in [3.8, 4) is 11.5 Å². The molecular formula is C14H22N2O4. The molecule has 0 radical (unpaired) electrons. The standard InChI is InChI=1S/C14H22N2O4/c1-10(15)14(18)16(6-7-17)9-11-8-12(19-2)4-5-13(11)20-3/h4-5,8,10,17H,6-7,9,15H2,1-3H3. The van der Waals surface area contributed by atoms with Crippen molar-refractivity contribution in [1.82, 2.24) is 4.90 Å². The molecule has 1 unspecified atom stereocenters. The molecule has 0 heterocycles. The zero-order chi connectivity index (χ0) is 15.1. The first-order chi connectivity index (χ1) is 9.53. The van der Waals surface area contributed by atoms with E-state index >= 15 is 0 Å². The molecule has 0 aliphatic carbocycles. The van der Waals surface area contributed by atoms with E-state index in [2.05, 4.69) is 0 Å². The highest BCUT2D eigenvalue weighted by Crippen LogP contribution is 2.25. The van der Waals surface area contributed by atoms with Crippen molar-refractivity contribution >= 4 is 5.91 Å². The molecule has 0 spiro atoms. The highest BCUT2D eigenvalue weighted by Gasteiger charge is 2.19. The summed E-state index contributed by atoms with van der Waals surface area (Å²) in [6.45, 7) is 2.03. The number of nitrogens with two attached hydrogens (primary N) is 1. The summed E-state index contributed by atoms with van der Waals surface area (Å²) in [5, 5.41) is 9.08. The number of amides is 1. The quantitative estimate of drug-likeness (QED) is 0.755. The van der Waals surface area contributed by atoms with Crippen LogP contribution in [0, 0.1) is 0 Å². The number of hydrogen-bond acceptors (Lipinski definition) is 5. The number of ether oxygens (including phenoxy) is 2. The number of nitrogens with zero attached hydrogens (tertiary/aromatic N) is 1. The number of aliphatic hydroxyl groups excluding tert-OH is 1. The van der Waals surface area contributed by atoms with Crippen LogP contribution in [0.15, 0.2) is 18.2 Å². The van der Waals surface area contributed by atoms with Crippen LogP contribution in [0.2, 0.25) is 0 Å². The molecule has 1 aromatic carbocycles. The van der Waals surface area contributed by atoms with Gasteiger partial charge in [0, 0.05) is 18.7 Å². The molecule has 6 nitrogen and oxygen atoms in total. The Balaban J connectivity index is 2.99. The SMILES string of the molecule is COc1ccc(OC)c(CN(CCO)C(=O)C(C)N)c1. The van der Waals surface area contributed by atoms with Gasteiger partial charge in [-0.1, -0.05) is 0 Å². The number of methoxy groups -OCH3 is 2. The van der Waals surface area contributed by atoms with Gasteiger partial charge in [-0.2, -0.15) is 0 Å². The lowest BCUT2D eigenvalue weighted by atomic mass is 10.1. The number of carbonyl (C=O) groups excluding carboxylic acids is 1. The van der Waals surface area contributed by atoms with Gasteiger partial charge >= 0.3 is 0 Å². The van der Waals surface area contributed by atoms with Crippen molar-refractivity contribution in [3.05, 3.63) is 23.8 Å². The fourth-order valence-corrected chi connectivity index (χ4v) is 1.89. The van der Waals surface area contributed by atoms with E-state index in [9.17, 15) is 4.79 Å². The van der Waals surface area contributed by atoms with Crippen molar-refractivity contribution < 1.29 is 19.4 Å². The van der Waals surface area contributed by atoms with Gasteiger partial charge in [-0.3, -0.25) is 4.79 Å². The molecule has 1 amide bonds. The first-order valence-corrected chi connectivity index (χ1v) is 6.39. The van der Waals surface area contributed by atoms with Crippen LogP contribution in [0.25, 0.3) is 0 Å². The Morgan fingerprint density at radius 3 is 2.60 bits per heavy atom. The van der Waals surface area contributed by atoms with Crippen molar-refractivity contribution in [2.75, 3.05) is 27.4 Å². The first kappa shape index (κ1) is 16.3. The van der Waals surface area contributed by atoms with Crippen LogP contribution >= 0.6 is 0 Å². The zero-order valence-electron chi connectivity index (χ0n) is 12.1. The summed E-state index contributed by atoms with van der Waals surface area (Å²) < 4.78 is 10.4. The molecule has 0 saturated carbocycles. The summed E-state index contributed by atoms with van der Waals surface area (Å²) in [4.78, 5) is 13.5. The minimum absolute atomic E-state index is 0.120. The van der Waals surface area contributed by atoms with Gasteiger partial charge in [-0.05, 0) is 25.1 Å². The molecule has 112 valence electrons. The first-order valence-electron chi connectivity index (χ1n) is 6.39. The molecule has 0 bridgehead atoms. The lowest BCUT2D eigenvalue weighted by molar-refractivity contribution is -0.133. The fourth-order valence-electron chi connectivity index (χ4n) is 1.89. The second-order valence-corrected chi connectivity index (χ2v) is 4.45. The van der Waals surface area contributed by atoms with E-state index in [0.717, 1.165) is 5.56 Å². The van der Waals surface area contributed by atoms with Crippen LogP contribution in [0.4, 0.5) is 0 Å². The molecule has 20 heavy (non-hydrogen) atoms. The fraction of sp³-hybridized carbons (Fsp3) is 0.500. The lowest BCUT2D eigenvalue weighted by Gasteiger charge is -2.24. The van der Waals surface area contributed by atoms with E-state index in [1.807, 2.05) is 0 Å². The van der Waals surface area contributed by atoms with Crippen LogP contribution in [0.3, 0.4) is 0 Å². The van der Waals surface area contributed by atoms with Gasteiger partial charge in [0.25, 0.3) is 0 Å². The summed E-state index contributed by atoms with van der Waals surface area (Å²) in [5.74, 6) is 1.12. The maximum atomic E-state index is 12.0. The monoisotopic (exact) mass is 282 g/mol. The zero-order valence-corrected chi connectivity index (χ0v) is 12.1. The summed E-state index contributed by atoms with van der Waals surface area (Å²) in [6, 6.07) is 4.75. The number of aliphatic hydroxyl groups is 1. The molecule has 0 saturated heterocycles. The number of benzene rings is 1. The maximum absolute atomic E-state index is 12.0. The van der Waals surface area contributed by atoms with E-state index in [-0.39, 0.29) is 19.1 Å². The summed E-state index contributed by atoms with van der Waals surface area (Å²) in [6.07, 6.45) is 0. The highest BCUT2D eigenvalue weighted by molar-refractivity contribution is 5.81. The average Bonchev–Trinajstić information content (AvgIpc) is 2.45. The van der Waals surface area contributed by atoms with Crippen molar-refractivity contribution in [1.29, 1.82) is 0 Å². The molecular weight excluding hydrogens is 260 g/mol. The maximum Gasteiger partial charge on any atom is 0.239 e. The third-order valence-corrected chi connectivity index (χ3v) is 2.92. The van der Waals surface area contributed by atoms with Crippen molar-refractivity contribution in [2.24, 2.45) is 5.73 Å². The van der Waals surface area contributed by atoms with Crippen LogP contribution in [-0.4, -0.2) is 49.3 Å². The van der Waals surface area contributed by atoms with Gasteiger partial charge in [-0.15, -0.1) is 0 Å². The smallest absolute Gasteiger partial charge is 0.239 e. The Morgan fingerprint density at radius 2 is 2.10 bits per heavy atom. The molecule has 0 aliphatic heterocycles. The Bertz CT molecular complexity index is 449. The number of rotatable bonds is 7. The lowest BCUT2D eigenvalue weighted by Crippen LogP contribution is -2.43. The van der Waals surface area contributed by atoms with Crippen LogP contribution in [0.1, 0.15) is 12.5 Å². The van der Waals surface area contributed by atoms with E-state index in [1.165, 1.54) is 4.90 Å². The molecule has 3 N–H and O–H groups in total. The van der Waals surface area contributed by atoms with E-state index < -0.39 is 6.04 Å². The van der Waals surface area contributed by atoms with Crippen LogP contribution < -0.4 is 15.2 Å². The molecule has 1 atom stereocenters. The summed E-state index contributed by atoms with van der Waals surface area (Å²) in [5.41, 5.74) is 6.42.